The van der Waals surface area contributed by atoms with Crippen molar-refractivity contribution >= 4 is 28.6 Å². The van der Waals surface area contributed by atoms with Crippen molar-refractivity contribution < 1.29 is 22.4 Å². The molecule has 3 rings (SSSR count). The number of para-hydroxylation sites is 1. The molecular weight excluding hydrogens is 410 g/mol. The first-order chi connectivity index (χ1) is 13.7. The van der Waals surface area contributed by atoms with Gasteiger partial charge in [-0.3, -0.25) is 15.0 Å². The first-order valence-electron chi connectivity index (χ1n) is 8.52. The maximum Gasteiger partial charge on any atom is 0.446 e. The summed E-state index contributed by atoms with van der Waals surface area (Å²) in [6, 6.07) is 9.23. The van der Waals surface area contributed by atoms with Crippen LogP contribution in [0.25, 0.3) is 10.9 Å². The molecule has 0 fully saturated rings. The van der Waals surface area contributed by atoms with Crippen molar-refractivity contribution in [2.24, 2.45) is 0 Å². The number of hydrogen-bond donors (Lipinski definition) is 1. The highest BCUT2D eigenvalue weighted by molar-refractivity contribution is 8.00. The number of rotatable bonds is 5. The predicted molar refractivity (Wildman–Crippen MR) is 102 cm³/mol. The Morgan fingerprint density at radius 3 is 2.48 bits per heavy atom. The van der Waals surface area contributed by atoms with E-state index in [1.54, 1.807) is 6.92 Å². The minimum atomic E-state index is -4.53. The van der Waals surface area contributed by atoms with E-state index < -0.39 is 22.8 Å². The average Bonchev–Trinajstić information content (AvgIpc) is 2.65. The van der Waals surface area contributed by atoms with Crippen LogP contribution in [0, 0.1) is 5.82 Å². The van der Waals surface area contributed by atoms with E-state index >= 15 is 0 Å². The van der Waals surface area contributed by atoms with Gasteiger partial charge in [0.1, 0.15) is 11.6 Å². The molecule has 10 heteroatoms. The van der Waals surface area contributed by atoms with E-state index in [2.05, 4.69) is 10.4 Å². The van der Waals surface area contributed by atoms with Gasteiger partial charge in [0.05, 0.1) is 17.3 Å². The molecule has 0 spiro atoms. The summed E-state index contributed by atoms with van der Waals surface area (Å²) in [5.74, 6) is -0.870. The quantitative estimate of drug-likeness (QED) is 0.495. The van der Waals surface area contributed by atoms with Gasteiger partial charge in [-0.1, -0.05) is 25.1 Å². The lowest BCUT2D eigenvalue weighted by atomic mass is 10.1. The smallest absolute Gasteiger partial charge is 0.273 e. The number of fused-ring (bicyclic) bond motifs is 1. The highest BCUT2D eigenvalue weighted by Gasteiger charge is 2.30. The molecule has 0 bridgehead atoms. The van der Waals surface area contributed by atoms with Crippen LogP contribution in [0.3, 0.4) is 0 Å². The van der Waals surface area contributed by atoms with Crippen molar-refractivity contribution in [1.29, 1.82) is 0 Å². The SMILES string of the molecule is CCc1nc2c(SC(F)(F)F)cccc2c(=O)n1NC(=O)Cc1ccc(F)cc1. The third-order valence-electron chi connectivity index (χ3n) is 3.99. The lowest BCUT2D eigenvalue weighted by Gasteiger charge is -2.15. The molecule has 1 aromatic heterocycles. The monoisotopic (exact) mass is 425 g/mol. The Morgan fingerprint density at radius 2 is 1.86 bits per heavy atom. The molecule has 0 radical (unpaired) electrons. The van der Waals surface area contributed by atoms with Gasteiger partial charge in [0, 0.05) is 11.3 Å². The molecule has 0 saturated heterocycles. The number of carbonyl (C=O) groups is 1. The molecule has 2 aromatic carbocycles. The Labute approximate surface area is 166 Å². The zero-order valence-corrected chi connectivity index (χ0v) is 15.9. The Bertz CT molecular complexity index is 1110. The number of aryl methyl sites for hydroxylation is 1. The van der Waals surface area contributed by atoms with Crippen LogP contribution >= 0.6 is 11.8 Å². The fourth-order valence-corrected chi connectivity index (χ4v) is 3.39. The van der Waals surface area contributed by atoms with Crippen molar-refractivity contribution in [1.82, 2.24) is 9.66 Å². The Balaban J connectivity index is 1.97. The molecular formula is C19H15F4N3O2S. The number of benzene rings is 2. The van der Waals surface area contributed by atoms with Crippen LogP contribution < -0.4 is 11.0 Å². The van der Waals surface area contributed by atoms with Gasteiger partial charge >= 0.3 is 5.51 Å². The summed E-state index contributed by atoms with van der Waals surface area (Å²) in [7, 11) is 0. The van der Waals surface area contributed by atoms with Crippen LogP contribution in [-0.2, 0) is 17.6 Å². The number of thioether (sulfide) groups is 1. The van der Waals surface area contributed by atoms with E-state index in [1.807, 2.05) is 0 Å². The normalized spacial score (nSPS) is 11.6. The van der Waals surface area contributed by atoms with E-state index in [1.165, 1.54) is 42.5 Å². The second kappa shape index (κ2) is 8.24. The second-order valence-corrected chi connectivity index (χ2v) is 7.17. The van der Waals surface area contributed by atoms with Crippen molar-refractivity contribution in [3.8, 4) is 0 Å². The van der Waals surface area contributed by atoms with E-state index in [9.17, 15) is 27.2 Å². The van der Waals surface area contributed by atoms with Gasteiger partial charge in [0.25, 0.3) is 5.56 Å². The molecule has 0 aliphatic rings. The Hall–Kier alpha value is -2.88. The van der Waals surface area contributed by atoms with Gasteiger partial charge in [0.2, 0.25) is 5.91 Å². The van der Waals surface area contributed by atoms with Crippen LogP contribution in [0.2, 0.25) is 0 Å². The van der Waals surface area contributed by atoms with Gasteiger partial charge in [-0.15, -0.1) is 0 Å². The minimum absolute atomic E-state index is 0.0430. The third-order valence-corrected chi connectivity index (χ3v) is 4.77. The van der Waals surface area contributed by atoms with Gasteiger partial charge < -0.3 is 0 Å². The Kier molecular flexibility index (Phi) is 5.92. The predicted octanol–water partition coefficient (Wildman–Crippen LogP) is 4.02. The van der Waals surface area contributed by atoms with Gasteiger partial charge in [-0.05, 0) is 41.6 Å². The molecule has 0 saturated carbocycles. The highest BCUT2D eigenvalue weighted by atomic mass is 32.2. The second-order valence-electron chi connectivity index (χ2n) is 6.06. The lowest BCUT2D eigenvalue weighted by molar-refractivity contribution is -0.116. The fourth-order valence-electron chi connectivity index (χ4n) is 2.74. The largest absolute Gasteiger partial charge is 0.446 e. The number of nitrogens with zero attached hydrogens (tertiary/aromatic N) is 2. The first-order valence-corrected chi connectivity index (χ1v) is 9.34. The van der Waals surface area contributed by atoms with Crippen molar-refractivity contribution in [2.75, 3.05) is 5.43 Å². The average molecular weight is 425 g/mol. The molecule has 0 aliphatic carbocycles. The minimum Gasteiger partial charge on any atom is -0.273 e. The first kappa shape index (κ1) is 20.8. The topological polar surface area (TPSA) is 64.0 Å². The maximum atomic E-state index is 13.0. The number of halogens is 4. The number of nitrogens with one attached hydrogen (secondary N) is 1. The van der Waals surface area contributed by atoms with Crippen LogP contribution in [0.1, 0.15) is 18.3 Å². The molecule has 1 N–H and O–H groups in total. The standard InChI is InChI=1S/C19H15F4N3O2S/c1-2-15-24-17-13(4-3-5-14(17)29-19(21,22)23)18(28)26(15)25-16(27)10-11-6-8-12(20)9-7-11/h3-9H,2,10H2,1H3,(H,25,27). The van der Waals surface area contributed by atoms with Crippen LogP contribution in [0.15, 0.2) is 52.2 Å². The van der Waals surface area contributed by atoms with Gasteiger partial charge in [-0.25, -0.2) is 14.1 Å². The maximum absolute atomic E-state index is 13.0. The van der Waals surface area contributed by atoms with E-state index in [4.69, 9.17) is 0 Å². The number of hydrogen-bond acceptors (Lipinski definition) is 4. The van der Waals surface area contributed by atoms with E-state index in [0.29, 0.717) is 5.56 Å². The number of carbonyl (C=O) groups excluding carboxylic acids is 1. The number of aromatic nitrogens is 2. The molecule has 5 nitrogen and oxygen atoms in total. The van der Waals surface area contributed by atoms with Crippen LogP contribution in [0.4, 0.5) is 17.6 Å². The lowest BCUT2D eigenvalue weighted by Crippen LogP contribution is -2.37. The number of amides is 1. The fraction of sp³-hybridized carbons (Fsp3) is 0.211. The van der Waals surface area contributed by atoms with Gasteiger partial charge in [0.15, 0.2) is 0 Å². The molecule has 0 aliphatic heterocycles. The van der Waals surface area contributed by atoms with Crippen molar-refractivity contribution in [2.45, 2.75) is 30.2 Å². The summed E-state index contributed by atoms with van der Waals surface area (Å²) in [6.45, 7) is 1.66. The number of alkyl halides is 3. The van der Waals surface area contributed by atoms with Crippen LogP contribution in [-0.4, -0.2) is 21.1 Å². The summed E-state index contributed by atoms with van der Waals surface area (Å²) >= 11 is -0.348. The molecule has 3 aromatic rings. The third kappa shape index (κ3) is 4.94. The highest BCUT2D eigenvalue weighted by Crippen LogP contribution is 2.39. The summed E-state index contributed by atoms with van der Waals surface area (Å²) < 4.78 is 52.3. The zero-order chi connectivity index (χ0) is 21.2. The van der Waals surface area contributed by atoms with Gasteiger partial charge in [-0.2, -0.15) is 13.2 Å². The summed E-state index contributed by atoms with van der Waals surface area (Å²) in [4.78, 5) is 29.2. The molecule has 1 amide bonds. The summed E-state index contributed by atoms with van der Waals surface area (Å²) in [6.07, 6.45) is 0.0882. The summed E-state index contributed by atoms with van der Waals surface area (Å²) in [5, 5.41) is -0.0430. The summed E-state index contributed by atoms with van der Waals surface area (Å²) in [5.41, 5.74) is -2.31. The molecule has 1 heterocycles. The van der Waals surface area contributed by atoms with E-state index in [-0.39, 0.29) is 46.2 Å². The Morgan fingerprint density at radius 1 is 1.17 bits per heavy atom. The molecule has 29 heavy (non-hydrogen) atoms. The zero-order valence-electron chi connectivity index (χ0n) is 15.1. The van der Waals surface area contributed by atoms with E-state index in [0.717, 1.165) is 4.68 Å². The van der Waals surface area contributed by atoms with Crippen molar-refractivity contribution in [3.63, 3.8) is 0 Å². The molecule has 0 atom stereocenters. The van der Waals surface area contributed by atoms with Crippen molar-refractivity contribution in [3.05, 3.63) is 70.0 Å². The molecule has 152 valence electrons. The van der Waals surface area contributed by atoms with Crippen LogP contribution in [0.5, 0.6) is 0 Å². The molecule has 0 unspecified atom stereocenters.